The summed E-state index contributed by atoms with van der Waals surface area (Å²) in [7, 11) is 0. The minimum atomic E-state index is -0.574. The number of para-hydroxylation sites is 1. The molecule has 104 valence electrons. The van der Waals surface area contributed by atoms with E-state index in [0.717, 1.165) is 0 Å². The van der Waals surface area contributed by atoms with Crippen molar-refractivity contribution >= 4 is 17.5 Å². The maximum absolute atomic E-state index is 13.5. The summed E-state index contributed by atoms with van der Waals surface area (Å²) in [6, 6.07) is 4.31. The number of carbonyl (C=O) groups is 1. The molecular weight excluding hydrogens is 275 g/mol. The minimum absolute atomic E-state index is 0.000469. The summed E-state index contributed by atoms with van der Waals surface area (Å²) in [6.07, 6.45) is 0.347. The average molecular weight is 289 g/mol. The second-order valence-corrected chi connectivity index (χ2v) is 4.60. The van der Waals surface area contributed by atoms with Crippen molar-refractivity contribution in [3.63, 3.8) is 0 Å². The molecule has 7 heteroatoms. The predicted molar refractivity (Wildman–Crippen MR) is 67.1 cm³/mol. The summed E-state index contributed by atoms with van der Waals surface area (Å²) in [5, 5.41) is 0.203. The second-order valence-electron chi connectivity index (χ2n) is 4.19. The van der Waals surface area contributed by atoms with Gasteiger partial charge in [-0.25, -0.2) is 10.2 Å². The van der Waals surface area contributed by atoms with E-state index in [1.165, 1.54) is 12.1 Å². The highest BCUT2D eigenvalue weighted by molar-refractivity contribution is 6.32. The van der Waals surface area contributed by atoms with Crippen LogP contribution in [0.3, 0.4) is 0 Å². The molecule has 0 aliphatic carbocycles. The lowest BCUT2D eigenvalue weighted by Gasteiger charge is -2.14. The van der Waals surface area contributed by atoms with Crippen molar-refractivity contribution in [1.82, 2.24) is 5.43 Å². The maximum Gasteiger partial charge on any atom is 0.263 e. The van der Waals surface area contributed by atoms with E-state index >= 15 is 0 Å². The predicted octanol–water partition coefficient (Wildman–Crippen LogP) is 1.40. The summed E-state index contributed by atoms with van der Waals surface area (Å²) in [6.45, 7) is 0.134. The smallest absolute Gasteiger partial charge is 0.263 e. The normalized spacial score (nSPS) is 22.3. The van der Waals surface area contributed by atoms with Crippen molar-refractivity contribution in [3.05, 3.63) is 29.0 Å². The first-order valence-corrected chi connectivity index (χ1v) is 6.22. The fourth-order valence-corrected chi connectivity index (χ4v) is 2.13. The molecule has 1 saturated heterocycles. The van der Waals surface area contributed by atoms with Gasteiger partial charge in [-0.2, -0.15) is 0 Å². The van der Waals surface area contributed by atoms with E-state index < -0.39 is 11.9 Å². The van der Waals surface area contributed by atoms with E-state index in [1.54, 1.807) is 6.07 Å². The molecule has 1 fully saturated rings. The van der Waals surface area contributed by atoms with Crippen LogP contribution in [0.15, 0.2) is 18.2 Å². The molecule has 2 unspecified atom stereocenters. The summed E-state index contributed by atoms with van der Waals surface area (Å²) in [5.74, 6) is 4.13. The fraction of sp³-hybridized carbons (Fsp3) is 0.417. The van der Waals surface area contributed by atoms with Crippen LogP contribution >= 0.6 is 11.6 Å². The number of amides is 1. The summed E-state index contributed by atoms with van der Waals surface area (Å²) in [4.78, 5) is 11.3. The number of carbonyl (C=O) groups excluding carboxylic acids is 1. The van der Waals surface area contributed by atoms with E-state index in [4.69, 9.17) is 26.9 Å². The van der Waals surface area contributed by atoms with Gasteiger partial charge in [0.1, 0.15) is 12.7 Å². The van der Waals surface area contributed by atoms with Gasteiger partial charge in [-0.05, 0) is 25.0 Å². The average Bonchev–Trinajstić information content (AvgIpc) is 2.86. The van der Waals surface area contributed by atoms with E-state index in [0.29, 0.717) is 12.8 Å². The van der Waals surface area contributed by atoms with E-state index in [2.05, 4.69) is 0 Å². The van der Waals surface area contributed by atoms with Crippen LogP contribution in [0.4, 0.5) is 4.39 Å². The van der Waals surface area contributed by atoms with Gasteiger partial charge in [-0.1, -0.05) is 17.7 Å². The van der Waals surface area contributed by atoms with Crippen LogP contribution < -0.4 is 16.0 Å². The monoisotopic (exact) mass is 288 g/mol. The number of hydrazine groups is 1. The van der Waals surface area contributed by atoms with Crippen LogP contribution in [0.1, 0.15) is 12.8 Å². The van der Waals surface area contributed by atoms with Crippen molar-refractivity contribution in [1.29, 1.82) is 0 Å². The first-order chi connectivity index (χ1) is 9.11. The Kier molecular flexibility index (Phi) is 4.57. The van der Waals surface area contributed by atoms with Gasteiger partial charge in [0.15, 0.2) is 11.6 Å². The van der Waals surface area contributed by atoms with Gasteiger partial charge in [-0.3, -0.25) is 10.2 Å². The zero-order valence-corrected chi connectivity index (χ0v) is 10.8. The standard InChI is InChI=1S/C12H14ClFN2O3/c13-8-2-1-3-9(14)11(8)18-6-7-4-5-10(19-7)12(17)16-15/h1-3,7,10H,4-6,15H2,(H,16,17). The van der Waals surface area contributed by atoms with Gasteiger partial charge in [0, 0.05) is 0 Å². The molecule has 2 atom stereocenters. The maximum atomic E-state index is 13.5. The second kappa shape index (κ2) is 6.18. The van der Waals surface area contributed by atoms with Crippen LogP contribution in [0.5, 0.6) is 5.75 Å². The SMILES string of the molecule is NNC(=O)C1CCC(COc2c(F)cccc2Cl)O1. The molecule has 1 aromatic rings. The topological polar surface area (TPSA) is 73.6 Å². The molecule has 0 aromatic heterocycles. The molecule has 1 aliphatic heterocycles. The molecule has 0 radical (unpaired) electrons. The molecule has 1 aromatic carbocycles. The van der Waals surface area contributed by atoms with Gasteiger partial charge < -0.3 is 9.47 Å². The highest BCUT2D eigenvalue weighted by Gasteiger charge is 2.30. The highest BCUT2D eigenvalue weighted by atomic mass is 35.5. The van der Waals surface area contributed by atoms with Gasteiger partial charge in [0.05, 0.1) is 11.1 Å². The third kappa shape index (κ3) is 3.34. The summed E-state index contributed by atoms with van der Waals surface area (Å²) >= 11 is 5.83. The molecule has 1 heterocycles. The molecule has 2 rings (SSSR count). The number of ether oxygens (including phenoxy) is 2. The number of nitrogens with one attached hydrogen (secondary N) is 1. The molecule has 0 spiro atoms. The fourth-order valence-electron chi connectivity index (χ4n) is 1.91. The number of rotatable bonds is 4. The summed E-state index contributed by atoms with van der Waals surface area (Å²) < 4.78 is 24.2. The molecule has 0 saturated carbocycles. The molecule has 19 heavy (non-hydrogen) atoms. The molecule has 0 bridgehead atoms. The van der Waals surface area contributed by atoms with Crippen molar-refractivity contribution in [2.24, 2.45) is 5.84 Å². The van der Waals surface area contributed by atoms with Crippen molar-refractivity contribution in [2.75, 3.05) is 6.61 Å². The number of benzene rings is 1. The van der Waals surface area contributed by atoms with Crippen LogP contribution in [0.25, 0.3) is 0 Å². The van der Waals surface area contributed by atoms with Gasteiger partial charge in [0.25, 0.3) is 5.91 Å². The number of hydrogen-bond donors (Lipinski definition) is 2. The minimum Gasteiger partial charge on any atom is -0.486 e. The van der Waals surface area contributed by atoms with Crippen LogP contribution in [-0.2, 0) is 9.53 Å². The van der Waals surface area contributed by atoms with Crippen molar-refractivity contribution in [3.8, 4) is 5.75 Å². The third-order valence-corrected chi connectivity index (χ3v) is 3.17. The number of nitrogens with two attached hydrogens (primary N) is 1. The van der Waals surface area contributed by atoms with Gasteiger partial charge in [0.2, 0.25) is 0 Å². The van der Waals surface area contributed by atoms with Crippen molar-refractivity contribution < 1.29 is 18.7 Å². The van der Waals surface area contributed by atoms with Crippen LogP contribution in [0, 0.1) is 5.82 Å². The quantitative estimate of drug-likeness (QED) is 0.499. The Hall–Kier alpha value is -1.37. The first kappa shape index (κ1) is 14.0. The molecule has 1 aliphatic rings. The molecule has 1 amide bonds. The molecule has 5 nitrogen and oxygen atoms in total. The highest BCUT2D eigenvalue weighted by Crippen LogP contribution is 2.28. The molecule has 3 N–H and O–H groups in total. The first-order valence-electron chi connectivity index (χ1n) is 5.84. The Labute approximate surface area is 114 Å². The lowest BCUT2D eigenvalue weighted by atomic mass is 10.2. The van der Waals surface area contributed by atoms with Gasteiger partial charge >= 0.3 is 0 Å². The number of hydrogen-bond acceptors (Lipinski definition) is 4. The Bertz CT molecular complexity index is 452. The van der Waals surface area contributed by atoms with E-state index in [1.807, 2.05) is 5.43 Å². The Morgan fingerprint density at radius 3 is 3.05 bits per heavy atom. The largest absolute Gasteiger partial charge is 0.486 e. The Morgan fingerprint density at radius 1 is 1.58 bits per heavy atom. The lowest BCUT2D eigenvalue weighted by Crippen LogP contribution is -2.39. The molecular formula is C12H14ClFN2O3. The third-order valence-electron chi connectivity index (χ3n) is 2.87. The van der Waals surface area contributed by atoms with Crippen molar-refractivity contribution in [2.45, 2.75) is 25.0 Å². The zero-order chi connectivity index (χ0) is 13.8. The lowest BCUT2D eigenvalue weighted by molar-refractivity contribution is -0.132. The van der Waals surface area contributed by atoms with Crippen LogP contribution in [0.2, 0.25) is 5.02 Å². The van der Waals surface area contributed by atoms with E-state index in [-0.39, 0.29) is 29.4 Å². The number of halogens is 2. The van der Waals surface area contributed by atoms with Gasteiger partial charge in [-0.15, -0.1) is 0 Å². The summed E-state index contributed by atoms with van der Waals surface area (Å²) in [5.41, 5.74) is 2.03. The zero-order valence-electron chi connectivity index (χ0n) is 10.1. The van der Waals surface area contributed by atoms with E-state index in [9.17, 15) is 9.18 Å². The van der Waals surface area contributed by atoms with Crippen LogP contribution in [-0.4, -0.2) is 24.7 Å². The Morgan fingerprint density at radius 2 is 2.37 bits per heavy atom. The Balaban J connectivity index is 1.89.